The van der Waals surface area contributed by atoms with Gasteiger partial charge in [0, 0.05) is 17.7 Å². The topological polar surface area (TPSA) is 103 Å². The molecule has 6 heteroatoms. The number of carbonyl (C=O) groups excluding carboxylic acids is 2. The van der Waals surface area contributed by atoms with Gasteiger partial charge in [-0.25, -0.2) is 0 Å². The Balaban J connectivity index is 1.94. The molecule has 1 heterocycles. The smallest absolute Gasteiger partial charge is 0.261 e. The van der Waals surface area contributed by atoms with Crippen LogP contribution in [0.1, 0.15) is 44.3 Å². The third-order valence-corrected chi connectivity index (χ3v) is 4.15. The fourth-order valence-electron chi connectivity index (χ4n) is 2.98. The minimum atomic E-state index is -0.654. The van der Waals surface area contributed by atoms with Gasteiger partial charge in [0.15, 0.2) is 5.78 Å². The molecule has 0 radical (unpaired) electrons. The van der Waals surface area contributed by atoms with Crippen LogP contribution >= 0.6 is 0 Å². The summed E-state index contributed by atoms with van der Waals surface area (Å²) in [5.41, 5.74) is 1.29. The molecule has 3 rings (SSSR count). The summed E-state index contributed by atoms with van der Waals surface area (Å²) in [6.45, 7) is -0.195. The van der Waals surface area contributed by atoms with E-state index in [9.17, 15) is 14.4 Å². The lowest BCUT2D eigenvalue weighted by molar-refractivity contribution is 0.0957. The van der Waals surface area contributed by atoms with Crippen molar-refractivity contribution in [1.29, 1.82) is 5.26 Å². The lowest BCUT2D eigenvalue weighted by Crippen LogP contribution is -2.32. The molecule has 1 aromatic heterocycles. The summed E-state index contributed by atoms with van der Waals surface area (Å²) in [5.74, 6) is -0.741. The van der Waals surface area contributed by atoms with Crippen LogP contribution in [0, 0.1) is 11.3 Å². The second-order valence-corrected chi connectivity index (χ2v) is 5.68. The van der Waals surface area contributed by atoms with Gasteiger partial charge in [-0.15, -0.1) is 0 Å². The number of aromatic amines is 1. The molecule has 1 unspecified atom stereocenters. The number of nitriles is 1. The van der Waals surface area contributed by atoms with Crippen LogP contribution in [0.4, 0.5) is 0 Å². The molecule has 2 aromatic rings. The molecule has 1 atom stereocenters. The number of H-pyrrole nitrogens is 1. The van der Waals surface area contributed by atoms with Crippen LogP contribution in [0.3, 0.4) is 0 Å². The standard InChI is InChI=1S/C18H15N3O3/c19-6-7-20-17(23)14-10-13-15(21-18(14)24)8-12(9-16(13)22)11-4-2-1-3-5-11/h1-5,10,12H,7-9H2,(H,20,23)(H,21,24). The number of hydrogen-bond acceptors (Lipinski definition) is 4. The Morgan fingerprint density at radius 2 is 2.00 bits per heavy atom. The van der Waals surface area contributed by atoms with E-state index in [0.29, 0.717) is 24.1 Å². The van der Waals surface area contributed by atoms with E-state index in [1.165, 1.54) is 6.07 Å². The number of carbonyl (C=O) groups is 2. The van der Waals surface area contributed by atoms with Crippen LogP contribution in [0.5, 0.6) is 0 Å². The van der Waals surface area contributed by atoms with Gasteiger partial charge in [-0.1, -0.05) is 30.3 Å². The monoisotopic (exact) mass is 321 g/mol. The van der Waals surface area contributed by atoms with Crippen molar-refractivity contribution in [2.75, 3.05) is 6.54 Å². The highest BCUT2D eigenvalue weighted by molar-refractivity contribution is 6.02. The summed E-state index contributed by atoms with van der Waals surface area (Å²) in [6.07, 6.45) is 0.878. The zero-order valence-corrected chi connectivity index (χ0v) is 12.8. The number of hydrogen-bond donors (Lipinski definition) is 2. The molecule has 1 amide bonds. The molecular weight excluding hydrogens is 306 g/mol. The molecule has 0 aliphatic heterocycles. The van der Waals surface area contributed by atoms with E-state index in [4.69, 9.17) is 5.26 Å². The third kappa shape index (κ3) is 2.97. The van der Waals surface area contributed by atoms with Crippen molar-refractivity contribution >= 4 is 11.7 Å². The number of ketones is 1. The Bertz CT molecular complexity index is 894. The SMILES string of the molecule is N#CCNC(=O)c1cc2c([nH]c1=O)CC(c1ccccc1)CC2=O. The van der Waals surface area contributed by atoms with E-state index in [1.54, 1.807) is 6.07 Å². The first kappa shape index (κ1) is 15.7. The van der Waals surface area contributed by atoms with Crippen LogP contribution in [-0.4, -0.2) is 23.2 Å². The third-order valence-electron chi connectivity index (χ3n) is 4.15. The lowest BCUT2D eigenvalue weighted by Gasteiger charge is -2.24. The van der Waals surface area contributed by atoms with Crippen molar-refractivity contribution in [3.8, 4) is 6.07 Å². The average molecular weight is 321 g/mol. The molecular formula is C18H15N3O3. The van der Waals surface area contributed by atoms with E-state index in [0.717, 1.165) is 5.56 Å². The molecule has 0 spiro atoms. The first-order valence-corrected chi connectivity index (χ1v) is 7.59. The molecule has 24 heavy (non-hydrogen) atoms. The van der Waals surface area contributed by atoms with E-state index in [1.807, 2.05) is 30.3 Å². The maximum absolute atomic E-state index is 12.5. The molecule has 0 saturated carbocycles. The first-order valence-electron chi connectivity index (χ1n) is 7.59. The van der Waals surface area contributed by atoms with E-state index in [2.05, 4.69) is 10.3 Å². The molecule has 0 fully saturated rings. The summed E-state index contributed by atoms with van der Waals surface area (Å²) >= 11 is 0. The molecule has 6 nitrogen and oxygen atoms in total. The van der Waals surface area contributed by atoms with Crippen molar-refractivity contribution in [3.63, 3.8) is 0 Å². The molecule has 0 bridgehead atoms. The number of nitrogens with zero attached hydrogens (tertiary/aromatic N) is 1. The highest BCUT2D eigenvalue weighted by Crippen LogP contribution is 2.31. The van der Waals surface area contributed by atoms with Crippen molar-refractivity contribution in [3.05, 3.63) is 69.1 Å². The average Bonchev–Trinajstić information content (AvgIpc) is 2.59. The van der Waals surface area contributed by atoms with Crippen LogP contribution in [0.25, 0.3) is 0 Å². The first-order chi connectivity index (χ1) is 11.6. The normalized spacial score (nSPS) is 16.1. The van der Waals surface area contributed by atoms with E-state index >= 15 is 0 Å². The molecule has 2 N–H and O–H groups in total. The maximum atomic E-state index is 12.5. The number of Topliss-reactive ketones (excluding diaryl/α,β-unsaturated/α-hetero) is 1. The largest absolute Gasteiger partial charge is 0.339 e. The molecule has 1 aliphatic carbocycles. The summed E-state index contributed by atoms with van der Waals surface area (Å²) in [6, 6.07) is 12.8. The Morgan fingerprint density at radius 3 is 2.71 bits per heavy atom. The number of aromatic nitrogens is 1. The summed E-state index contributed by atoms with van der Waals surface area (Å²) in [4.78, 5) is 39.2. The van der Waals surface area contributed by atoms with Gasteiger partial charge < -0.3 is 10.3 Å². The number of fused-ring (bicyclic) bond motifs is 1. The highest BCUT2D eigenvalue weighted by atomic mass is 16.2. The molecule has 1 aromatic carbocycles. The van der Waals surface area contributed by atoms with Crippen LogP contribution in [0.2, 0.25) is 0 Å². The molecule has 1 aliphatic rings. The number of benzene rings is 1. The van der Waals surface area contributed by atoms with E-state index in [-0.39, 0.29) is 23.8 Å². The zero-order valence-electron chi connectivity index (χ0n) is 12.8. The minimum absolute atomic E-state index is 0.0140. The van der Waals surface area contributed by atoms with Gasteiger partial charge in [-0.3, -0.25) is 14.4 Å². The van der Waals surface area contributed by atoms with Gasteiger partial charge in [0.1, 0.15) is 12.1 Å². The van der Waals surface area contributed by atoms with Gasteiger partial charge in [0.05, 0.1) is 6.07 Å². The van der Waals surface area contributed by atoms with Gasteiger partial charge in [-0.05, 0) is 24.0 Å². The Labute approximate surface area is 138 Å². The predicted molar refractivity (Wildman–Crippen MR) is 86.8 cm³/mol. The lowest BCUT2D eigenvalue weighted by atomic mass is 9.81. The van der Waals surface area contributed by atoms with Crippen molar-refractivity contribution in [1.82, 2.24) is 10.3 Å². The van der Waals surface area contributed by atoms with Crippen LogP contribution in [0.15, 0.2) is 41.2 Å². The summed E-state index contributed by atoms with van der Waals surface area (Å²) < 4.78 is 0. The van der Waals surface area contributed by atoms with Crippen molar-refractivity contribution < 1.29 is 9.59 Å². The predicted octanol–water partition coefficient (Wildman–Crippen LogP) is 1.54. The number of pyridine rings is 1. The molecule has 120 valence electrons. The quantitative estimate of drug-likeness (QED) is 0.837. The number of rotatable bonds is 3. The second-order valence-electron chi connectivity index (χ2n) is 5.68. The fourth-order valence-corrected chi connectivity index (χ4v) is 2.98. The van der Waals surface area contributed by atoms with Crippen LogP contribution in [-0.2, 0) is 6.42 Å². The van der Waals surface area contributed by atoms with Crippen molar-refractivity contribution in [2.45, 2.75) is 18.8 Å². The summed E-state index contributed by atoms with van der Waals surface area (Å²) in [5, 5.41) is 10.8. The number of nitrogens with one attached hydrogen (secondary N) is 2. The molecule has 0 saturated heterocycles. The number of amides is 1. The minimum Gasteiger partial charge on any atom is -0.339 e. The highest BCUT2D eigenvalue weighted by Gasteiger charge is 2.28. The van der Waals surface area contributed by atoms with Gasteiger partial charge in [0.2, 0.25) is 0 Å². The zero-order chi connectivity index (χ0) is 17.1. The van der Waals surface area contributed by atoms with Gasteiger partial charge in [-0.2, -0.15) is 5.26 Å². The van der Waals surface area contributed by atoms with Crippen molar-refractivity contribution in [2.24, 2.45) is 0 Å². The van der Waals surface area contributed by atoms with Gasteiger partial charge >= 0.3 is 0 Å². The second kappa shape index (κ2) is 6.50. The fraction of sp³-hybridized carbons (Fsp3) is 0.222. The Morgan fingerprint density at radius 1 is 1.25 bits per heavy atom. The van der Waals surface area contributed by atoms with E-state index < -0.39 is 11.5 Å². The summed E-state index contributed by atoms with van der Waals surface area (Å²) in [7, 11) is 0. The van der Waals surface area contributed by atoms with Gasteiger partial charge in [0.25, 0.3) is 11.5 Å². The Kier molecular flexibility index (Phi) is 4.25. The maximum Gasteiger partial charge on any atom is 0.261 e. The Hall–Kier alpha value is -3.20. The van der Waals surface area contributed by atoms with Crippen LogP contribution < -0.4 is 10.9 Å².